The highest BCUT2D eigenvalue weighted by Gasteiger charge is 2.26. The third-order valence-electron chi connectivity index (χ3n) is 3.63. The summed E-state index contributed by atoms with van der Waals surface area (Å²) in [6, 6.07) is 3.00. The Morgan fingerprint density at radius 3 is 2.32 bits per heavy atom. The van der Waals surface area contributed by atoms with Crippen LogP contribution in [0.3, 0.4) is 0 Å². The summed E-state index contributed by atoms with van der Waals surface area (Å²) in [7, 11) is -2.20. The SMILES string of the molecule is COc1cc(C)c(S(=O)(=O)N[C@H](C#N)CC(C)C)c(C)c1C. The predicted octanol–water partition coefficient (Wildman–Crippen LogP) is 2.84. The predicted molar refractivity (Wildman–Crippen MR) is 86.4 cm³/mol. The lowest BCUT2D eigenvalue weighted by Crippen LogP contribution is -2.35. The van der Waals surface area contributed by atoms with E-state index in [-0.39, 0.29) is 10.8 Å². The van der Waals surface area contributed by atoms with Crippen molar-refractivity contribution in [2.45, 2.75) is 52.0 Å². The number of methoxy groups -OCH3 is 1. The van der Waals surface area contributed by atoms with E-state index >= 15 is 0 Å². The molecule has 22 heavy (non-hydrogen) atoms. The Balaban J connectivity index is 3.30. The number of benzene rings is 1. The number of aryl methyl sites for hydroxylation is 1. The minimum atomic E-state index is -3.75. The molecular formula is C16H24N2O3S. The molecule has 0 aliphatic rings. The second-order valence-corrected chi connectivity index (χ2v) is 7.56. The number of nitrogens with zero attached hydrogens (tertiary/aromatic N) is 1. The molecule has 0 amide bonds. The van der Waals surface area contributed by atoms with Gasteiger partial charge in [0.2, 0.25) is 10.0 Å². The lowest BCUT2D eigenvalue weighted by molar-refractivity contribution is 0.410. The zero-order chi connectivity index (χ0) is 17.1. The molecule has 0 fully saturated rings. The number of sulfonamides is 1. The van der Waals surface area contributed by atoms with Crippen molar-refractivity contribution < 1.29 is 13.2 Å². The molecule has 0 spiro atoms. The number of hydrogen-bond donors (Lipinski definition) is 1. The molecule has 0 saturated heterocycles. The van der Waals surface area contributed by atoms with E-state index in [0.29, 0.717) is 23.3 Å². The summed E-state index contributed by atoms with van der Waals surface area (Å²) in [5.41, 5.74) is 2.03. The van der Waals surface area contributed by atoms with E-state index in [1.54, 1.807) is 27.0 Å². The van der Waals surface area contributed by atoms with Crippen LogP contribution in [0.1, 0.15) is 37.0 Å². The van der Waals surface area contributed by atoms with Gasteiger partial charge in [-0.15, -0.1) is 0 Å². The number of rotatable bonds is 6. The van der Waals surface area contributed by atoms with Gasteiger partial charge < -0.3 is 4.74 Å². The molecule has 6 heteroatoms. The summed E-state index contributed by atoms with van der Waals surface area (Å²) in [6.07, 6.45) is 0.475. The van der Waals surface area contributed by atoms with E-state index in [0.717, 1.165) is 5.56 Å². The zero-order valence-electron chi connectivity index (χ0n) is 14.0. The Hall–Kier alpha value is -1.58. The number of nitrogens with one attached hydrogen (secondary N) is 1. The molecule has 0 aliphatic heterocycles. The lowest BCUT2D eigenvalue weighted by Gasteiger charge is -2.19. The van der Waals surface area contributed by atoms with Crippen molar-refractivity contribution in [1.29, 1.82) is 5.26 Å². The summed E-state index contributed by atoms with van der Waals surface area (Å²) >= 11 is 0. The number of nitriles is 1. The molecule has 122 valence electrons. The largest absolute Gasteiger partial charge is 0.496 e. The Morgan fingerprint density at radius 2 is 1.86 bits per heavy atom. The summed E-state index contributed by atoms with van der Waals surface area (Å²) in [4.78, 5) is 0.231. The van der Waals surface area contributed by atoms with Crippen LogP contribution in [-0.2, 0) is 10.0 Å². The van der Waals surface area contributed by atoms with Crippen LogP contribution in [0.5, 0.6) is 5.75 Å². The number of ether oxygens (including phenoxy) is 1. The van der Waals surface area contributed by atoms with Gasteiger partial charge >= 0.3 is 0 Å². The van der Waals surface area contributed by atoms with Gasteiger partial charge in [0, 0.05) is 0 Å². The van der Waals surface area contributed by atoms with Crippen LogP contribution in [0.4, 0.5) is 0 Å². The third kappa shape index (κ3) is 3.99. The summed E-state index contributed by atoms with van der Waals surface area (Å²) < 4.78 is 33.1. The first-order chi connectivity index (χ1) is 10.1. The van der Waals surface area contributed by atoms with Crippen LogP contribution in [-0.4, -0.2) is 21.6 Å². The highest BCUT2D eigenvalue weighted by atomic mass is 32.2. The van der Waals surface area contributed by atoms with E-state index in [4.69, 9.17) is 10.00 Å². The molecule has 1 aromatic rings. The van der Waals surface area contributed by atoms with Crippen molar-refractivity contribution in [3.05, 3.63) is 22.8 Å². The van der Waals surface area contributed by atoms with Crippen molar-refractivity contribution in [3.8, 4) is 11.8 Å². The summed E-state index contributed by atoms with van der Waals surface area (Å²) in [6.45, 7) is 9.21. The van der Waals surface area contributed by atoms with Crippen LogP contribution in [0.25, 0.3) is 0 Å². The Bertz CT molecular complexity index is 688. The van der Waals surface area contributed by atoms with E-state index in [9.17, 15) is 8.42 Å². The molecule has 0 aliphatic carbocycles. The average Bonchev–Trinajstić information content (AvgIpc) is 2.40. The van der Waals surface area contributed by atoms with Crippen molar-refractivity contribution in [2.75, 3.05) is 7.11 Å². The second kappa shape index (κ2) is 7.12. The van der Waals surface area contributed by atoms with Crippen LogP contribution >= 0.6 is 0 Å². The molecular weight excluding hydrogens is 300 g/mol. The molecule has 0 bridgehead atoms. The molecule has 0 heterocycles. The zero-order valence-corrected chi connectivity index (χ0v) is 14.8. The lowest BCUT2D eigenvalue weighted by atomic mass is 10.1. The van der Waals surface area contributed by atoms with Gasteiger partial charge in [0.25, 0.3) is 0 Å². The molecule has 1 rings (SSSR count). The maximum Gasteiger partial charge on any atom is 0.242 e. The number of hydrogen-bond acceptors (Lipinski definition) is 4. The second-order valence-electron chi connectivity index (χ2n) is 5.91. The van der Waals surface area contributed by atoms with E-state index in [1.807, 2.05) is 26.8 Å². The molecule has 0 unspecified atom stereocenters. The first-order valence-corrected chi connectivity index (χ1v) is 8.69. The van der Waals surface area contributed by atoms with Crippen LogP contribution in [0, 0.1) is 38.0 Å². The highest BCUT2D eigenvalue weighted by Crippen LogP contribution is 2.30. The maximum atomic E-state index is 12.7. The quantitative estimate of drug-likeness (QED) is 0.872. The third-order valence-corrected chi connectivity index (χ3v) is 5.39. The van der Waals surface area contributed by atoms with E-state index < -0.39 is 16.1 Å². The van der Waals surface area contributed by atoms with Crippen LogP contribution in [0.2, 0.25) is 0 Å². The van der Waals surface area contributed by atoms with Gasteiger partial charge in [-0.05, 0) is 55.9 Å². The summed E-state index contributed by atoms with van der Waals surface area (Å²) in [5.74, 6) is 0.889. The van der Waals surface area contributed by atoms with Gasteiger partial charge in [-0.3, -0.25) is 0 Å². The average molecular weight is 324 g/mol. The Morgan fingerprint density at radius 1 is 1.27 bits per heavy atom. The fraction of sp³-hybridized carbons (Fsp3) is 0.562. The normalized spacial score (nSPS) is 13.0. The van der Waals surface area contributed by atoms with Gasteiger partial charge in [-0.2, -0.15) is 9.98 Å². The fourth-order valence-electron chi connectivity index (χ4n) is 2.49. The molecule has 0 aromatic heterocycles. The van der Waals surface area contributed by atoms with E-state index in [1.165, 1.54) is 0 Å². The van der Waals surface area contributed by atoms with Gasteiger partial charge in [0.15, 0.2) is 0 Å². The van der Waals surface area contributed by atoms with Crippen molar-refractivity contribution >= 4 is 10.0 Å². The van der Waals surface area contributed by atoms with Crippen LogP contribution in [0.15, 0.2) is 11.0 Å². The van der Waals surface area contributed by atoms with Gasteiger partial charge in [0.05, 0.1) is 18.1 Å². The maximum absolute atomic E-state index is 12.7. The van der Waals surface area contributed by atoms with Crippen molar-refractivity contribution in [3.63, 3.8) is 0 Å². The van der Waals surface area contributed by atoms with Gasteiger partial charge in [-0.1, -0.05) is 13.8 Å². The van der Waals surface area contributed by atoms with Gasteiger partial charge in [-0.25, -0.2) is 8.42 Å². The molecule has 5 nitrogen and oxygen atoms in total. The first kappa shape index (κ1) is 18.5. The topological polar surface area (TPSA) is 79.2 Å². The monoisotopic (exact) mass is 324 g/mol. The minimum absolute atomic E-state index is 0.229. The fourth-order valence-corrected chi connectivity index (χ4v) is 4.17. The standard InChI is InChI=1S/C16H24N2O3S/c1-10(2)7-14(9-17)18-22(19,20)16-11(3)8-15(21-6)12(4)13(16)5/h8,10,14,18H,7H2,1-6H3/t14-/m0/s1. The van der Waals surface area contributed by atoms with E-state index in [2.05, 4.69) is 4.72 Å². The summed E-state index contributed by atoms with van der Waals surface area (Å²) in [5, 5.41) is 9.16. The van der Waals surface area contributed by atoms with Crippen molar-refractivity contribution in [2.24, 2.45) is 5.92 Å². The van der Waals surface area contributed by atoms with Gasteiger partial charge in [0.1, 0.15) is 11.8 Å². The molecule has 1 N–H and O–H groups in total. The molecule has 1 aromatic carbocycles. The Kier molecular flexibility index (Phi) is 5.98. The van der Waals surface area contributed by atoms with Crippen molar-refractivity contribution in [1.82, 2.24) is 4.72 Å². The Labute approximate surface area is 133 Å². The minimum Gasteiger partial charge on any atom is -0.496 e. The first-order valence-electron chi connectivity index (χ1n) is 7.20. The van der Waals surface area contributed by atoms with Crippen LogP contribution < -0.4 is 9.46 Å². The smallest absolute Gasteiger partial charge is 0.242 e. The molecule has 0 saturated carbocycles. The molecule has 1 atom stereocenters. The molecule has 0 radical (unpaired) electrons. The highest BCUT2D eigenvalue weighted by molar-refractivity contribution is 7.89.